The summed E-state index contributed by atoms with van der Waals surface area (Å²) in [5.74, 6) is -1.40. The number of amides is 1. The van der Waals surface area contributed by atoms with Gasteiger partial charge < -0.3 is 23.8 Å². The standard InChI is InChI=1S/C35H31ClF2N6O3/c1-20(37)34(45)44-12-11-43(18-24(44)16-39-2)33-31-29(40-35(41-33)47-19-23-14-22(38)17-42(23)3)15-27(26-10-13-46-32(26)31)25-8-4-6-21-7-5-9-28(36)30(21)25/h4-10,13,15,22-24H,1,11-12,14,16-19H2,3H3/t22-,23+,24+/m1/s1. The Morgan fingerprint density at radius 2 is 1.94 bits per heavy atom. The maximum Gasteiger partial charge on any atom is 0.319 e. The summed E-state index contributed by atoms with van der Waals surface area (Å²) < 4.78 is 40.3. The first-order valence-electron chi connectivity index (χ1n) is 15.3. The fraction of sp³-hybridized carbons (Fsp3) is 0.314. The number of fused-ring (bicyclic) bond motifs is 4. The van der Waals surface area contributed by atoms with Gasteiger partial charge in [-0.3, -0.25) is 9.69 Å². The summed E-state index contributed by atoms with van der Waals surface area (Å²) in [7, 11) is 1.86. The molecule has 0 aliphatic carbocycles. The van der Waals surface area contributed by atoms with E-state index < -0.39 is 23.9 Å². The Kier molecular flexibility index (Phi) is 8.16. The minimum Gasteiger partial charge on any atom is -0.463 e. The van der Waals surface area contributed by atoms with E-state index in [0.717, 1.165) is 27.3 Å². The van der Waals surface area contributed by atoms with Crippen molar-refractivity contribution in [3.63, 3.8) is 0 Å². The minimum atomic E-state index is -1.07. The normalized spacial score (nSPS) is 20.3. The van der Waals surface area contributed by atoms with Crippen LogP contribution in [0.5, 0.6) is 6.01 Å². The number of alkyl halides is 1. The summed E-state index contributed by atoms with van der Waals surface area (Å²) in [5.41, 5.74) is 2.86. The second-order valence-corrected chi connectivity index (χ2v) is 12.4. The number of nitrogens with zero attached hydrogens (tertiary/aromatic N) is 6. The van der Waals surface area contributed by atoms with E-state index in [1.165, 1.54) is 4.90 Å². The summed E-state index contributed by atoms with van der Waals surface area (Å²) in [6, 6.07) is 15.0. The first-order chi connectivity index (χ1) is 22.7. The van der Waals surface area contributed by atoms with Crippen LogP contribution in [0, 0.1) is 6.57 Å². The Balaban J connectivity index is 1.38. The third-order valence-electron chi connectivity index (χ3n) is 9.12. The lowest BCUT2D eigenvalue weighted by Crippen LogP contribution is -2.56. The molecule has 2 aromatic heterocycles. The Bertz CT molecular complexity index is 2070. The van der Waals surface area contributed by atoms with Crippen LogP contribution in [0.2, 0.25) is 5.02 Å². The molecule has 0 N–H and O–H groups in total. The summed E-state index contributed by atoms with van der Waals surface area (Å²) >= 11 is 6.74. The van der Waals surface area contributed by atoms with Crippen molar-refractivity contribution < 1.29 is 22.7 Å². The number of carbonyl (C=O) groups excluding carboxylic acids is 1. The van der Waals surface area contributed by atoms with Gasteiger partial charge in [0, 0.05) is 48.0 Å². The van der Waals surface area contributed by atoms with E-state index >= 15 is 0 Å². The summed E-state index contributed by atoms with van der Waals surface area (Å²) in [6.45, 7) is 11.8. The first kappa shape index (κ1) is 30.8. The number of piperazine rings is 1. The number of hydrogen-bond acceptors (Lipinski definition) is 7. The van der Waals surface area contributed by atoms with Gasteiger partial charge in [0.25, 0.3) is 5.91 Å². The first-order valence-corrected chi connectivity index (χ1v) is 15.7. The van der Waals surface area contributed by atoms with Crippen LogP contribution >= 0.6 is 11.6 Å². The average molecular weight is 657 g/mol. The molecule has 3 aromatic carbocycles. The molecule has 240 valence electrons. The molecule has 12 heteroatoms. The average Bonchev–Trinajstić information content (AvgIpc) is 3.68. The molecule has 2 saturated heterocycles. The van der Waals surface area contributed by atoms with Gasteiger partial charge >= 0.3 is 6.01 Å². The van der Waals surface area contributed by atoms with Crippen molar-refractivity contribution >= 4 is 56.0 Å². The van der Waals surface area contributed by atoms with Crippen LogP contribution in [0.15, 0.2) is 71.6 Å². The zero-order valence-corrected chi connectivity index (χ0v) is 26.4. The van der Waals surface area contributed by atoms with Gasteiger partial charge in [0.1, 0.15) is 30.2 Å². The predicted molar refractivity (Wildman–Crippen MR) is 178 cm³/mol. The Hall–Kier alpha value is -4.79. The predicted octanol–water partition coefficient (Wildman–Crippen LogP) is 6.69. The van der Waals surface area contributed by atoms with Crippen LogP contribution < -0.4 is 9.64 Å². The largest absolute Gasteiger partial charge is 0.463 e. The molecule has 4 heterocycles. The highest BCUT2D eigenvalue weighted by Gasteiger charge is 2.36. The van der Waals surface area contributed by atoms with Gasteiger partial charge in [-0.1, -0.05) is 48.5 Å². The van der Waals surface area contributed by atoms with E-state index in [2.05, 4.69) is 11.4 Å². The van der Waals surface area contributed by atoms with Crippen molar-refractivity contribution in [2.45, 2.75) is 24.7 Å². The van der Waals surface area contributed by atoms with Gasteiger partial charge in [-0.2, -0.15) is 9.97 Å². The van der Waals surface area contributed by atoms with Crippen molar-refractivity contribution in [2.24, 2.45) is 0 Å². The lowest BCUT2D eigenvalue weighted by atomic mass is 9.94. The number of halogens is 3. The number of likely N-dealkylation sites (N-methyl/N-ethyl adjacent to an activating group) is 1. The van der Waals surface area contributed by atoms with Gasteiger partial charge in [-0.05, 0) is 48.2 Å². The van der Waals surface area contributed by atoms with Crippen molar-refractivity contribution in [3.8, 4) is 17.1 Å². The Labute approximate surface area is 274 Å². The van der Waals surface area contributed by atoms with Gasteiger partial charge in [0.2, 0.25) is 6.54 Å². The maximum absolute atomic E-state index is 14.1. The fourth-order valence-corrected chi connectivity index (χ4v) is 7.13. The highest BCUT2D eigenvalue weighted by atomic mass is 35.5. The van der Waals surface area contributed by atoms with Gasteiger partial charge in [0.05, 0.1) is 17.2 Å². The van der Waals surface area contributed by atoms with Gasteiger partial charge in [0.15, 0.2) is 5.83 Å². The molecular formula is C35H31ClF2N6O3. The molecular weight excluding hydrogens is 626 g/mol. The summed E-state index contributed by atoms with van der Waals surface area (Å²) in [6.07, 6.45) is 1.04. The second kappa shape index (κ2) is 12.4. The van der Waals surface area contributed by atoms with Crippen molar-refractivity contribution in [2.75, 3.05) is 51.3 Å². The molecule has 5 aromatic rings. The lowest BCUT2D eigenvalue weighted by molar-refractivity contribution is -0.131. The SMILES string of the molecule is [C-]#[N+]C[C@H]1CN(c2nc(OC[C@@H]3C[C@@H](F)CN3C)nc3cc(-c4cccc5cccc(Cl)c45)c4ccoc4c23)CCN1C(=O)C(=C)F. The molecule has 0 spiro atoms. The highest BCUT2D eigenvalue weighted by molar-refractivity contribution is 6.37. The number of furan rings is 1. The summed E-state index contributed by atoms with van der Waals surface area (Å²) in [5, 5.41) is 3.95. The third-order valence-corrected chi connectivity index (χ3v) is 9.44. The lowest BCUT2D eigenvalue weighted by Gasteiger charge is -2.39. The van der Waals surface area contributed by atoms with Crippen LogP contribution in [0.4, 0.5) is 14.6 Å². The molecule has 3 atom stereocenters. The van der Waals surface area contributed by atoms with E-state index in [-0.39, 0.29) is 38.3 Å². The van der Waals surface area contributed by atoms with E-state index in [4.69, 9.17) is 37.3 Å². The van der Waals surface area contributed by atoms with Gasteiger partial charge in [-0.25, -0.2) is 15.4 Å². The van der Waals surface area contributed by atoms with Crippen molar-refractivity contribution in [1.29, 1.82) is 0 Å². The van der Waals surface area contributed by atoms with E-state index in [9.17, 15) is 13.6 Å². The molecule has 47 heavy (non-hydrogen) atoms. The summed E-state index contributed by atoms with van der Waals surface area (Å²) in [4.78, 5) is 31.0. The molecule has 9 nitrogen and oxygen atoms in total. The second-order valence-electron chi connectivity index (χ2n) is 12.0. The zero-order chi connectivity index (χ0) is 32.8. The van der Waals surface area contributed by atoms with E-state index in [0.29, 0.717) is 46.8 Å². The van der Waals surface area contributed by atoms with Gasteiger partial charge in [-0.15, -0.1) is 0 Å². The Morgan fingerprint density at radius 1 is 1.13 bits per heavy atom. The third kappa shape index (κ3) is 5.62. The van der Waals surface area contributed by atoms with Crippen molar-refractivity contribution in [1.82, 2.24) is 19.8 Å². The van der Waals surface area contributed by atoms with Crippen LogP contribution in [0.1, 0.15) is 6.42 Å². The maximum atomic E-state index is 14.1. The number of aromatic nitrogens is 2. The molecule has 1 amide bonds. The number of carbonyl (C=O) groups is 1. The zero-order valence-electron chi connectivity index (χ0n) is 25.6. The molecule has 2 fully saturated rings. The highest BCUT2D eigenvalue weighted by Crippen LogP contribution is 2.43. The Morgan fingerprint density at radius 3 is 2.68 bits per heavy atom. The van der Waals surface area contributed by atoms with Crippen LogP contribution in [-0.2, 0) is 4.79 Å². The number of hydrogen-bond donors (Lipinski definition) is 0. The number of likely N-dealkylation sites (tertiary alicyclic amines) is 1. The van der Waals surface area contributed by atoms with Crippen molar-refractivity contribution in [3.05, 3.63) is 83.6 Å². The van der Waals surface area contributed by atoms with Crippen LogP contribution in [-0.4, -0.2) is 90.3 Å². The number of anilines is 1. The smallest absolute Gasteiger partial charge is 0.319 e. The number of ether oxygens (including phenoxy) is 1. The number of benzene rings is 3. The monoisotopic (exact) mass is 656 g/mol. The van der Waals surface area contributed by atoms with E-state index in [1.54, 1.807) is 6.26 Å². The topological polar surface area (TPSA) is 79.3 Å². The molecule has 2 aliphatic heterocycles. The molecule has 0 radical (unpaired) electrons. The number of rotatable bonds is 7. The molecule has 0 unspecified atom stereocenters. The molecule has 0 saturated carbocycles. The molecule has 2 aliphatic rings. The minimum absolute atomic E-state index is 0.0253. The van der Waals surface area contributed by atoms with E-state index in [1.807, 2.05) is 65.4 Å². The molecule has 0 bridgehead atoms. The van der Waals surface area contributed by atoms with Crippen LogP contribution in [0.25, 0.3) is 48.6 Å². The van der Waals surface area contributed by atoms with Crippen LogP contribution in [0.3, 0.4) is 0 Å². The molecule has 7 rings (SSSR count). The fourth-order valence-electron chi connectivity index (χ4n) is 6.84. The quantitative estimate of drug-likeness (QED) is 0.143.